The molecule has 0 atom stereocenters. The molecule has 3 aromatic rings. The molecular weight excluding hydrogens is 242 g/mol. The molecule has 0 aliphatic carbocycles. The molecule has 0 saturated carbocycles. The summed E-state index contributed by atoms with van der Waals surface area (Å²) in [5, 5.41) is 8.59. The number of pyridine rings is 1. The number of benzene rings is 1. The number of thiophene rings is 1. The van der Waals surface area contributed by atoms with Crippen LogP contribution in [0.4, 0.5) is 11.5 Å². The quantitative estimate of drug-likeness (QED) is 0.704. The summed E-state index contributed by atoms with van der Waals surface area (Å²) >= 11 is 1.70. The summed E-state index contributed by atoms with van der Waals surface area (Å²) in [6.45, 7) is 0.803. The second-order valence-electron chi connectivity index (χ2n) is 4.13. The first-order valence-corrected chi connectivity index (χ1v) is 6.67. The molecule has 0 saturated heterocycles. The molecule has 0 amide bonds. The van der Waals surface area contributed by atoms with Crippen LogP contribution in [0.15, 0.2) is 47.2 Å². The lowest BCUT2D eigenvalue weighted by Gasteiger charge is -2.06. The number of anilines is 2. The van der Waals surface area contributed by atoms with Crippen molar-refractivity contribution in [2.24, 2.45) is 0 Å². The lowest BCUT2D eigenvalue weighted by atomic mass is 10.2. The Morgan fingerprint density at radius 3 is 2.94 bits per heavy atom. The van der Waals surface area contributed by atoms with Gasteiger partial charge >= 0.3 is 0 Å². The number of hydrogen-bond donors (Lipinski definition) is 2. The number of nitrogens with two attached hydrogens (primary N) is 1. The van der Waals surface area contributed by atoms with E-state index in [1.807, 2.05) is 30.3 Å². The highest BCUT2D eigenvalue weighted by atomic mass is 32.1. The van der Waals surface area contributed by atoms with Gasteiger partial charge in [-0.15, -0.1) is 0 Å². The van der Waals surface area contributed by atoms with E-state index in [1.165, 1.54) is 5.56 Å². The molecule has 18 heavy (non-hydrogen) atoms. The van der Waals surface area contributed by atoms with Gasteiger partial charge in [-0.2, -0.15) is 11.3 Å². The van der Waals surface area contributed by atoms with Crippen molar-refractivity contribution in [3.63, 3.8) is 0 Å². The van der Waals surface area contributed by atoms with E-state index in [2.05, 4.69) is 27.1 Å². The van der Waals surface area contributed by atoms with Crippen molar-refractivity contribution in [1.29, 1.82) is 0 Å². The molecular formula is C14H13N3S. The van der Waals surface area contributed by atoms with E-state index in [1.54, 1.807) is 11.3 Å². The SMILES string of the molecule is Nc1ccc2nc(NCc3ccsc3)ccc2c1. The third kappa shape index (κ3) is 2.28. The number of nitrogens with one attached hydrogen (secondary N) is 1. The Morgan fingerprint density at radius 1 is 1.17 bits per heavy atom. The van der Waals surface area contributed by atoms with Crippen LogP contribution in [0.3, 0.4) is 0 Å². The van der Waals surface area contributed by atoms with Crippen LogP contribution in [0.2, 0.25) is 0 Å². The van der Waals surface area contributed by atoms with E-state index < -0.39 is 0 Å². The van der Waals surface area contributed by atoms with Crippen molar-refractivity contribution < 1.29 is 0 Å². The maximum absolute atomic E-state index is 5.74. The van der Waals surface area contributed by atoms with Gasteiger partial charge in [-0.25, -0.2) is 4.98 Å². The summed E-state index contributed by atoms with van der Waals surface area (Å²) in [6, 6.07) is 11.9. The maximum Gasteiger partial charge on any atom is 0.126 e. The van der Waals surface area contributed by atoms with Crippen LogP contribution in [0.1, 0.15) is 5.56 Å². The Hall–Kier alpha value is -2.07. The van der Waals surface area contributed by atoms with Gasteiger partial charge in [-0.1, -0.05) is 0 Å². The Bertz CT molecular complexity index is 662. The standard InChI is InChI=1S/C14H13N3S/c15-12-2-3-13-11(7-12)1-4-14(17-13)16-8-10-5-6-18-9-10/h1-7,9H,8,15H2,(H,16,17). The monoisotopic (exact) mass is 255 g/mol. The summed E-state index contributed by atoms with van der Waals surface area (Å²) in [5.74, 6) is 0.887. The van der Waals surface area contributed by atoms with Crippen molar-refractivity contribution in [2.75, 3.05) is 11.1 Å². The predicted octanol–water partition coefficient (Wildman–Crippen LogP) is 3.49. The van der Waals surface area contributed by atoms with E-state index in [9.17, 15) is 0 Å². The summed E-state index contributed by atoms with van der Waals surface area (Å²) in [5.41, 5.74) is 8.74. The normalized spacial score (nSPS) is 10.7. The van der Waals surface area contributed by atoms with Crippen molar-refractivity contribution in [2.45, 2.75) is 6.54 Å². The van der Waals surface area contributed by atoms with Crippen molar-refractivity contribution in [3.05, 3.63) is 52.7 Å². The van der Waals surface area contributed by atoms with Crippen LogP contribution in [0, 0.1) is 0 Å². The lowest BCUT2D eigenvalue weighted by Crippen LogP contribution is -2.00. The van der Waals surface area contributed by atoms with E-state index >= 15 is 0 Å². The minimum absolute atomic E-state index is 0.767. The smallest absolute Gasteiger partial charge is 0.126 e. The third-order valence-electron chi connectivity index (χ3n) is 2.77. The zero-order valence-electron chi connectivity index (χ0n) is 9.76. The summed E-state index contributed by atoms with van der Waals surface area (Å²) in [6.07, 6.45) is 0. The maximum atomic E-state index is 5.74. The van der Waals surface area contributed by atoms with Gasteiger partial charge in [0.2, 0.25) is 0 Å². The Morgan fingerprint density at radius 2 is 2.11 bits per heavy atom. The van der Waals surface area contributed by atoms with Gasteiger partial charge in [-0.05, 0) is 52.7 Å². The molecule has 2 aromatic heterocycles. The third-order valence-corrected chi connectivity index (χ3v) is 3.50. The van der Waals surface area contributed by atoms with Crippen molar-refractivity contribution in [1.82, 2.24) is 4.98 Å². The molecule has 1 aromatic carbocycles. The van der Waals surface area contributed by atoms with Gasteiger partial charge in [0.1, 0.15) is 5.82 Å². The van der Waals surface area contributed by atoms with Gasteiger partial charge in [0.25, 0.3) is 0 Å². The zero-order chi connectivity index (χ0) is 12.4. The minimum Gasteiger partial charge on any atom is -0.399 e. The molecule has 0 aliphatic rings. The number of nitrogen functional groups attached to an aromatic ring is 1. The van der Waals surface area contributed by atoms with Gasteiger partial charge in [-0.3, -0.25) is 0 Å². The molecule has 90 valence electrons. The van der Waals surface area contributed by atoms with E-state index in [0.29, 0.717) is 0 Å². The largest absolute Gasteiger partial charge is 0.399 e. The van der Waals surface area contributed by atoms with E-state index in [0.717, 1.165) is 29.0 Å². The fraction of sp³-hybridized carbons (Fsp3) is 0.0714. The topological polar surface area (TPSA) is 50.9 Å². The Kier molecular flexibility index (Phi) is 2.86. The fourth-order valence-corrected chi connectivity index (χ4v) is 2.50. The number of fused-ring (bicyclic) bond motifs is 1. The molecule has 0 spiro atoms. The first-order valence-electron chi connectivity index (χ1n) is 5.72. The first kappa shape index (κ1) is 11.0. The predicted molar refractivity (Wildman–Crippen MR) is 77.8 cm³/mol. The summed E-state index contributed by atoms with van der Waals surface area (Å²) in [4.78, 5) is 4.55. The van der Waals surface area contributed by atoms with Crippen LogP contribution < -0.4 is 11.1 Å². The Labute approximate surface area is 109 Å². The van der Waals surface area contributed by atoms with E-state index in [4.69, 9.17) is 5.73 Å². The molecule has 2 heterocycles. The molecule has 0 aliphatic heterocycles. The molecule has 0 fully saturated rings. The Balaban J connectivity index is 1.82. The van der Waals surface area contributed by atoms with Gasteiger partial charge in [0, 0.05) is 17.6 Å². The van der Waals surface area contributed by atoms with Gasteiger partial charge in [0.05, 0.1) is 5.52 Å². The van der Waals surface area contributed by atoms with Crippen molar-refractivity contribution >= 4 is 33.7 Å². The van der Waals surface area contributed by atoms with Gasteiger partial charge < -0.3 is 11.1 Å². The highest BCUT2D eigenvalue weighted by molar-refractivity contribution is 7.07. The molecule has 3 rings (SSSR count). The van der Waals surface area contributed by atoms with Crippen LogP contribution in [0.25, 0.3) is 10.9 Å². The molecule has 3 N–H and O–H groups in total. The zero-order valence-corrected chi connectivity index (χ0v) is 10.6. The van der Waals surface area contributed by atoms with E-state index in [-0.39, 0.29) is 0 Å². The summed E-state index contributed by atoms with van der Waals surface area (Å²) < 4.78 is 0. The average Bonchev–Trinajstić information content (AvgIpc) is 2.89. The fourth-order valence-electron chi connectivity index (χ4n) is 1.83. The van der Waals surface area contributed by atoms with Crippen LogP contribution >= 0.6 is 11.3 Å². The lowest BCUT2D eigenvalue weighted by molar-refractivity contribution is 1.13. The number of rotatable bonds is 3. The molecule has 0 radical (unpaired) electrons. The van der Waals surface area contributed by atoms with Crippen LogP contribution in [-0.2, 0) is 6.54 Å². The molecule has 0 unspecified atom stereocenters. The average molecular weight is 255 g/mol. The molecule has 4 heteroatoms. The number of aromatic nitrogens is 1. The second-order valence-corrected chi connectivity index (χ2v) is 4.91. The first-order chi connectivity index (χ1) is 8.81. The highest BCUT2D eigenvalue weighted by Crippen LogP contribution is 2.18. The molecule has 3 nitrogen and oxygen atoms in total. The minimum atomic E-state index is 0.767. The molecule has 0 bridgehead atoms. The van der Waals surface area contributed by atoms with Gasteiger partial charge in [0.15, 0.2) is 0 Å². The van der Waals surface area contributed by atoms with Crippen molar-refractivity contribution in [3.8, 4) is 0 Å². The highest BCUT2D eigenvalue weighted by Gasteiger charge is 1.99. The summed E-state index contributed by atoms with van der Waals surface area (Å²) in [7, 11) is 0. The van der Waals surface area contributed by atoms with Crippen LogP contribution in [-0.4, -0.2) is 4.98 Å². The van der Waals surface area contributed by atoms with Crippen LogP contribution in [0.5, 0.6) is 0 Å². The number of hydrogen-bond acceptors (Lipinski definition) is 4. The second kappa shape index (κ2) is 4.66. The number of nitrogens with zero attached hydrogens (tertiary/aromatic N) is 1.